The van der Waals surface area contributed by atoms with Gasteiger partial charge in [-0.3, -0.25) is 4.79 Å². The van der Waals surface area contributed by atoms with E-state index in [0.717, 1.165) is 33.2 Å². The Balaban J connectivity index is 1.58. The molecule has 1 amide bonds. The minimum Gasteiger partial charge on any atom is -0.378 e. The summed E-state index contributed by atoms with van der Waals surface area (Å²) in [5, 5.41) is 2.31. The smallest absolute Gasteiger partial charge is 0.254 e. The summed E-state index contributed by atoms with van der Waals surface area (Å²) >= 11 is 0. The number of benzene rings is 4. The predicted molar refractivity (Wildman–Crippen MR) is 131 cm³/mol. The van der Waals surface area contributed by atoms with Gasteiger partial charge in [-0.2, -0.15) is 0 Å². The van der Waals surface area contributed by atoms with Crippen molar-refractivity contribution in [2.24, 2.45) is 0 Å². The Morgan fingerprint density at radius 1 is 0.812 bits per heavy atom. The van der Waals surface area contributed by atoms with Crippen LogP contribution in [0.4, 0.5) is 10.1 Å². The molecule has 0 N–H and O–H groups in total. The summed E-state index contributed by atoms with van der Waals surface area (Å²) in [5.41, 5.74) is 4.75. The minimum absolute atomic E-state index is 0.0370. The molecule has 0 fully saturated rings. The van der Waals surface area contributed by atoms with Crippen LogP contribution in [0.5, 0.6) is 0 Å². The average molecular weight is 427 g/mol. The van der Waals surface area contributed by atoms with Crippen LogP contribution in [0.15, 0.2) is 84.9 Å². The fourth-order valence-electron chi connectivity index (χ4n) is 3.97. The predicted octanol–water partition coefficient (Wildman–Crippen LogP) is 6.55. The lowest BCUT2D eigenvalue weighted by Crippen LogP contribution is -2.29. The van der Waals surface area contributed by atoms with Gasteiger partial charge in [0.1, 0.15) is 5.82 Å². The number of carbonyl (C=O) groups is 1. The zero-order chi connectivity index (χ0) is 22.8. The first kappa shape index (κ1) is 21.6. The van der Waals surface area contributed by atoms with Crippen LogP contribution in [0.2, 0.25) is 0 Å². The summed E-state index contributed by atoms with van der Waals surface area (Å²) in [6.45, 7) is 2.05. The van der Waals surface area contributed by atoms with Crippen LogP contribution in [-0.2, 0) is 0 Å². The lowest BCUT2D eigenvalue weighted by molar-refractivity contribution is 0.0743. The molecule has 0 saturated heterocycles. The van der Waals surface area contributed by atoms with Crippen LogP contribution in [0.25, 0.3) is 21.9 Å². The van der Waals surface area contributed by atoms with E-state index in [1.807, 2.05) is 51.5 Å². The van der Waals surface area contributed by atoms with Crippen molar-refractivity contribution in [3.8, 4) is 11.1 Å². The Hall–Kier alpha value is -3.66. The number of nitrogens with zero attached hydrogens (tertiary/aromatic N) is 2. The van der Waals surface area contributed by atoms with Crippen LogP contribution in [-0.4, -0.2) is 32.0 Å². The Bertz CT molecular complexity index is 1250. The molecular formula is C28H27FN2O. The molecule has 1 unspecified atom stereocenters. The molecule has 1 atom stereocenters. The van der Waals surface area contributed by atoms with Gasteiger partial charge in [0.2, 0.25) is 0 Å². The number of anilines is 1. The maximum atomic E-state index is 13.2. The normalized spacial score (nSPS) is 11.9. The summed E-state index contributed by atoms with van der Waals surface area (Å²) in [6.07, 6.45) is 0. The number of rotatable bonds is 5. The van der Waals surface area contributed by atoms with E-state index in [9.17, 15) is 9.18 Å². The second-order valence-electron chi connectivity index (χ2n) is 8.32. The first-order valence-electron chi connectivity index (χ1n) is 10.7. The van der Waals surface area contributed by atoms with Gasteiger partial charge in [0.15, 0.2) is 0 Å². The van der Waals surface area contributed by atoms with Crippen molar-refractivity contribution in [2.45, 2.75) is 13.0 Å². The maximum absolute atomic E-state index is 13.2. The zero-order valence-corrected chi connectivity index (χ0v) is 18.8. The molecule has 0 heterocycles. The number of hydrogen-bond donors (Lipinski definition) is 0. The highest BCUT2D eigenvalue weighted by molar-refractivity contribution is 5.95. The number of fused-ring (bicyclic) bond motifs is 1. The van der Waals surface area contributed by atoms with E-state index in [4.69, 9.17) is 0 Å². The number of carbonyl (C=O) groups excluding carboxylic acids is 1. The molecule has 32 heavy (non-hydrogen) atoms. The SMILES string of the molecule is CC(c1cccc2cc(N(C)C)ccc12)N(C)C(=O)c1ccc(-c2ccc(F)cc2)cc1. The Morgan fingerprint density at radius 2 is 1.44 bits per heavy atom. The van der Waals surface area contributed by atoms with Crippen molar-refractivity contribution in [2.75, 3.05) is 26.0 Å². The van der Waals surface area contributed by atoms with Gasteiger partial charge in [0.25, 0.3) is 5.91 Å². The number of halogens is 1. The lowest BCUT2D eigenvalue weighted by atomic mass is 9.97. The highest BCUT2D eigenvalue weighted by atomic mass is 19.1. The van der Waals surface area contributed by atoms with E-state index in [1.165, 1.54) is 12.1 Å². The monoisotopic (exact) mass is 426 g/mol. The quantitative estimate of drug-likeness (QED) is 0.361. The molecule has 4 heteroatoms. The molecule has 0 aliphatic heterocycles. The molecule has 0 bridgehead atoms. The Morgan fingerprint density at radius 3 is 2.06 bits per heavy atom. The molecule has 0 spiro atoms. The van der Waals surface area contributed by atoms with Crippen molar-refractivity contribution in [3.63, 3.8) is 0 Å². The average Bonchev–Trinajstić information content (AvgIpc) is 2.82. The molecule has 0 radical (unpaired) electrons. The van der Waals surface area contributed by atoms with E-state index in [-0.39, 0.29) is 17.8 Å². The Labute approximate surface area is 188 Å². The van der Waals surface area contributed by atoms with Gasteiger partial charge in [-0.25, -0.2) is 4.39 Å². The summed E-state index contributed by atoms with van der Waals surface area (Å²) in [7, 11) is 5.90. The van der Waals surface area contributed by atoms with Crippen molar-refractivity contribution >= 4 is 22.4 Å². The maximum Gasteiger partial charge on any atom is 0.254 e. The van der Waals surface area contributed by atoms with E-state index in [0.29, 0.717) is 5.56 Å². The molecule has 0 aliphatic carbocycles. The topological polar surface area (TPSA) is 23.6 Å². The molecule has 0 aromatic heterocycles. The van der Waals surface area contributed by atoms with Gasteiger partial charge in [-0.1, -0.05) is 48.5 Å². The fraction of sp³-hybridized carbons (Fsp3) is 0.179. The summed E-state index contributed by atoms with van der Waals surface area (Å²) in [5.74, 6) is -0.299. The van der Waals surface area contributed by atoms with Crippen molar-refractivity contribution in [1.29, 1.82) is 0 Å². The van der Waals surface area contributed by atoms with E-state index in [1.54, 1.807) is 17.0 Å². The molecule has 3 nitrogen and oxygen atoms in total. The third kappa shape index (κ3) is 4.22. The van der Waals surface area contributed by atoms with Crippen molar-refractivity contribution < 1.29 is 9.18 Å². The minimum atomic E-state index is -0.262. The van der Waals surface area contributed by atoms with Crippen LogP contribution in [0.3, 0.4) is 0 Å². The third-order valence-electron chi connectivity index (χ3n) is 6.07. The van der Waals surface area contributed by atoms with Gasteiger partial charge >= 0.3 is 0 Å². The third-order valence-corrected chi connectivity index (χ3v) is 6.07. The standard InChI is InChI=1S/C28H27FN2O/c1-19(26-7-5-6-23-18-25(30(2)3)16-17-27(23)26)31(4)28(32)22-10-8-20(9-11-22)21-12-14-24(29)15-13-21/h5-19H,1-4H3. The Kier molecular flexibility index (Phi) is 5.95. The number of hydrogen-bond acceptors (Lipinski definition) is 2. The molecular weight excluding hydrogens is 399 g/mol. The van der Waals surface area contributed by atoms with Gasteiger partial charge in [0, 0.05) is 32.4 Å². The largest absolute Gasteiger partial charge is 0.378 e. The van der Waals surface area contributed by atoms with Gasteiger partial charge in [0.05, 0.1) is 6.04 Å². The van der Waals surface area contributed by atoms with Crippen molar-refractivity contribution in [3.05, 3.63) is 102 Å². The molecule has 4 rings (SSSR count). The molecule has 0 saturated carbocycles. The highest BCUT2D eigenvalue weighted by Gasteiger charge is 2.20. The fourth-order valence-corrected chi connectivity index (χ4v) is 3.97. The number of amides is 1. The van der Waals surface area contributed by atoms with Gasteiger partial charge in [-0.05, 0) is 70.8 Å². The molecule has 0 aliphatic rings. The molecule has 4 aromatic carbocycles. The molecule has 4 aromatic rings. The summed E-state index contributed by atoms with van der Waals surface area (Å²) in [4.78, 5) is 17.1. The van der Waals surface area contributed by atoms with Crippen molar-refractivity contribution in [1.82, 2.24) is 4.90 Å². The highest BCUT2D eigenvalue weighted by Crippen LogP contribution is 2.31. The van der Waals surface area contributed by atoms with Gasteiger partial charge in [-0.15, -0.1) is 0 Å². The first-order valence-corrected chi connectivity index (χ1v) is 10.7. The van der Waals surface area contributed by atoms with E-state index in [2.05, 4.69) is 42.2 Å². The second kappa shape index (κ2) is 8.83. The van der Waals surface area contributed by atoms with E-state index < -0.39 is 0 Å². The van der Waals surface area contributed by atoms with Crippen LogP contribution in [0.1, 0.15) is 28.9 Å². The van der Waals surface area contributed by atoms with E-state index >= 15 is 0 Å². The summed E-state index contributed by atoms with van der Waals surface area (Å²) in [6, 6.07) is 26.4. The second-order valence-corrected chi connectivity index (χ2v) is 8.32. The first-order chi connectivity index (χ1) is 15.3. The molecule has 162 valence electrons. The van der Waals surface area contributed by atoms with Crippen LogP contribution >= 0.6 is 0 Å². The van der Waals surface area contributed by atoms with Crippen LogP contribution < -0.4 is 4.90 Å². The zero-order valence-electron chi connectivity index (χ0n) is 18.8. The lowest BCUT2D eigenvalue weighted by Gasteiger charge is -2.27. The van der Waals surface area contributed by atoms with Crippen LogP contribution in [0, 0.1) is 5.82 Å². The van der Waals surface area contributed by atoms with Gasteiger partial charge < -0.3 is 9.80 Å². The summed E-state index contributed by atoms with van der Waals surface area (Å²) < 4.78 is 13.2.